The topological polar surface area (TPSA) is 69.4 Å². The molecular weight excluding hydrogens is 354 g/mol. The molecule has 28 heavy (non-hydrogen) atoms. The number of hydrogen-bond acceptors (Lipinski definition) is 4. The number of rotatable bonds is 3. The molecule has 0 aliphatic rings. The maximum Gasteiger partial charge on any atom is 0.343 e. The summed E-state index contributed by atoms with van der Waals surface area (Å²) in [5, 5.41) is 17.2. The summed E-state index contributed by atoms with van der Waals surface area (Å²) in [6.45, 7) is 0. The molecule has 5 nitrogen and oxygen atoms in total. The maximum absolute atomic E-state index is 12.6. The Morgan fingerprint density at radius 1 is 0.750 bits per heavy atom. The van der Waals surface area contributed by atoms with Crippen LogP contribution in [0.15, 0.2) is 78.9 Å². The second kappa shape index (κ2) is 6.03. The van der Waals surface area contributed by atoms with Crippen LogP contribution in [0.3, 0.4) is 0 Å². The largest absolute Gasteiger partial charge is 0.422 e. The first-order valence-electron chi connectivity index (χ1n) is 8.75. The van der Waals surface area contributed by atoms with Crippen molar-refractivity contribution in [2.45, 2.75) is 0 Å². The molecule has 0 spiro atoms. The third kappa shape index (κ3) is 2.45. The van der Waals surface area contributed by atoms with Crippen LogP contribution < -0.4 is 4.74 Å². The van der Waals surface area contributed by atoms with E-state index in [1.165, 1.54) is 24.3 Å². The first-order chi connectivity index (χ1) is 13.6. The van der Waals surface area contributed by atoms with Crippen LogP contribution in [0.1, 0.15) is 10.4 Å². The van der Waals surface area contributed by atoms with Crippen LogP contribution in [0.5, 0.6) is 5.75 Å². The Balaban J connectivity index is 1.61. The quantitative estimate of drug-likeness (QED) is 0.135. The number of non-ortho nitro benzene ring substituents is 1. The summed E-state index contributed by atoms with van der Waals surface area (Å²) >= 11 is 0. The van der Waals surface area contributed by atoms with Crippen molar-refractivity contribution in [3.05, 3.63) is 94.5 Å². The highest BCUT2D eigenvalue weighted by molar-refractivity contribution is 6.24. The molecule has 0 unspecified atom stereocenters. The van der Waals surface area contributed by atoms with Crippen molar-refractivity contribution in [1.29, 1.82) is 0 Å². The van der Waals surface area contributed by atoms with Crippen molar-refractivity contribution in [2.75, 3.05) is 0 Å². The van der Waals surface area contributed by atoms with Crippen LogP contribution in [0.4, 0.5) is 5.69 Å². The van der Waals surface area contributed by atoms with Crippen molar-refractivity contribution in [1.82, 2.24) is 0 Å². The van der Waals surface area contributed by atoms with Crippen LogP contribution in [0.2, 0.25) is 0 Å². The number of esters is 1. The fourth-order valence-electron chi connectivity index (χ4n) is 3.68. The summed E-state index contributed by atoms with van der Waals surface area (Å²) in [4.78, 5) is 22.8. The van der Waals surface area contributed by atoms with Crippen LogP contribution in [0, 0.1) is 10.1 Å². The van der Waals surface area contributed by atoms with Gasteiger partial charge in [0, 0.05) is 22.9 Å². The number of hydrogen-bond donors (Lipinski definition) is 0. The predicted molar refractivity (Wildman–Crippen MR) is 108 cm³/mol. The van der Waals surface area contributed by atoms with Crippen LogP contribution >= 0.6 is 0 Å². The van der Waals surface area contributed by atoms with Crippen molar-refractivity contribution in [2.24, 2.45) is 0 Å². The third-order valence-corrected chi connectivity index (χ3v) is 5.01. The number of benzene rings is 5. The highest BCUT2D eigenvalue weighted by Gasteiger charge is 2.15. The lowest BCUT2D eigenvalue weighted by Crippen LogP contribution is -2.08. The van der Waals surface area contributed by atoms with Gasteiger partial charge in [-0.1, -0.05) is 42.5 Å². The van der Waals surface area contributed by atoms with E-state index < -0.39 is 10.9 Å². The number of carbonyl (C=O) groups excluding carboxylic acids is 1. The molecule has 0 heterocycles. The average molecular weight is 367 g/mol. The molecule has 0 saturated heterocycles. The van der Waals surface area contributed by atoms with Crippen molar-refractivity contribution in [3.8, 4) is 5.75 Å². The van der Waals surface area contributed by atoms with Crippen LogP contribution in [-0.2, 0) is 0 Å². The molecule has 5 rings (SSSR count). The molecule has 0 aliphatic carbocycles. The van der Waals surface area contributed by atoms with Gasteiger partial charge in [0.25, 0.3) is 5.69 Å². The van der Waals surface area contributed by atoms with Gasteiger partial charge in [-0.2, -0.15) is 0 Å². The first kappa shape index (κ1) is 16.2. The van der Waals surface area contributed by atoms with Gasteiger partial charge in [-0.25, -0.2) is 4.79 Å². The second-order valence-corrected chi connectivity index (χ2v) is 6.61. The summed E-state index contributed by atoms with van der Waals surface area (Å²) in [6, 6.07) is 23.4. The smallest absolute Gasteiger partial charge is 0.343 e. The SMILES string of the molecule is O=C(Oc1ccc2ccc3cccc4ccc1c2c34)c1ccc([N+](=O)[O-])cc1. The molecule has 5 heteroatoms. The van der Waals surface area contributed by atoms with Crippen LogP contribution in [-0.4, -0.2) is 10.9 Å². The van der Waals surface area contributed by atoms with E-state index in [2.05, 4.69) is 24.3 Å². The zero-order chi connectivity index (χ0) is 19.3. The van der Waals surface area contributed by atoms with E-state index in [0.717, 1.165) is 32.3 Å². The van der Waals surface area contributed by atoms with Crippen molar-refractivity contribution in [3.63, 3.8) is 0 Å². The summed E-state index contributed by atoms with van der Waals surface area (Å²) in [6.07, 6.45) is 0. The number of nitro benzene ring substituents is 1. The second-order valence-electron chi connectivity index (χ2n) is 6.61. The van der Waals surface area contributed by atoms with Gasteiger partial charge in [-0.15, -0.1) is 0 Å². The van der Waals surface area contributed by atoms with Gasteiger partial charge < -0.3 is 4.74 Å². The summed E-state index contributed by atoms with van der Waals surface area (Å²) < 4.78 is 5.65. The van der Waals surface area contributed by atoms with E-state index in [0.29, 0.717) is 5.75 Å². The van der Waals surface area contributed by atoms with E-state index >= 15 is 0 Å². The van der Waals surface area contributed by atoms with E-state index in [9.17, 15) is 14.9 Å². The van der Waals surface area contributed by atoms with Gasteiger partial charge in [0.1, 0.15) is 5.75 Å². The summed E-state index contributed by atoms with van der Waals surface area (Å²) in [5.74, 6) is -0.0842. The predicted octanol–water partition coefficient (Wildman–Crippen LogP) is 5.71. The van der Waals surface area contributed by atoms with E-state index in [1.807, 2.05) is 24.3 Å². The Labute approximate surface area is 159 Å². The highest BCUT2D eigenvalue weighted by atomic mass is 16.6. The standard InChI is InChI=1S/C23H13NO4/c25-23(17-6-10-18(11-7-17)24(26)27)28-20-13-9-16-5-4-14-2-1-3-15-8-12-19(20)22(16)21(14)15/h1-13H. The molecule has 0 fully saturated rings. The Morgan fingerprint density at radius 3 is 2.04 bits per heavy atom. The molecule has 0 bridgehead atoms. The zero-order valence-electron chi connectivity index (χ0n) is 14.6. The molecule has 0 amide bonds. The minimum Gasteiger partial charge on any atom is -0.422 e. The number of nitrogens with zero attached hydrogens (tertiary/aromatic N) is 1. The van der Waals surface area contributed by atoms with Crippen LogP contribution in [0.25, 0.3) is 32.3 Å². The minimum absolute atomic E-state index is 0.0701. The molecule has 0 aromatic heterocycles. The van der Waals surface area contributed by atoms with Crippen molar-refractivity contribution >= 4 is 44.0 Å². The van der Waals surface area contributed by atoms with Crippen molar-refractivity contribution < 1.29 is 14.5 Å². The fraction of sp³-hybridized carbons (Fsp3) is 0. The lowest BCUT2D eigenvalue weighted by atomic mass is 9.94. The fourth-order valence-corrected chi connectivity index (χ4v) is 3.68. The maximum atomic E-state index is 12.6. The van der Waals surface area contributed by atoms with E-state index in [1.54, 1.807) is 6.07 Å². The first-order valence-corrected chi connectivity index (χ1v) is 8.75. The van der Waals surface area contributed by atoms with Gasteiger partial charge in [0.2, 0.25) is 0 Å². The number of nitro groups is 1. The van der Waals surface area contributed by atoms with Gasteiger partial charge in [-0.3, -0.25) is 10.1 Å². The molecular formula is C23H13NO4. The lowest BCUT2D eigenvalue weighted by molar-refractivity contribution is -0.384. The molecule has 0 aliphatic heterocycles. The number of ether oxygens (including phenoxy) is 1. The molecule has 5 aromatic rings. The van der Waals surface area contributed by atoms with Gasteiger partial charge >= 0.3 is 5.97 Å². The molecule has 0 saturated carbocycles. The van der Waals surface area contributed by atoms with Gasteiger partial charge in [0.05, 0.1) is 10.5 Å². The zero-order valence-corrected chi connectivity index (χ0v) is 14.6. The lowest BCUT2D eigenvalue weighted by Gasteiger charge is -2.13. The Hall–Kier alpha value is -3.99. The Morgan fingerprint density at radius 2 is 1.36 bits per heavy atom. The van der Waals surface area contributed by atoms with Gasteiger partial charge in [0.15, 0.2) is 0 Å². The molecule has 0 N–H and O–H groups in total. The molecule has 134 valence electrons. The molecule has 0 atom stereocenters. The monoisotopic (exact) mass is 367 g/mol. The third-order valence-electron chi connectivity index (χ3n) is 5.01. The Bertz CT molecular complexity index is 1360. The Kier molecular flexibility index (Phi) is 3.49. The summed E-state index contributed by atoms with van der Waals surface area (Å²) in [7, 11) is 0. The molecule has 5 aromatic carbocycles. The number of carbonyl (C=O) groups is 1. The average Bonchev–Trinajstić information content (AvgIpc) is 2.73. The van der Waals surface area contributed by atoms with Gasteiger partial charge in [-0.05, 0) is 45.8 Å². The minimum atomic E-state index is -0.551. The molecule has 0 radical (unpaired) electrons. The van der Waals surface area contributed by atoms with E-state index in [4.69, 9.17) is 4.74 Å². The highest BCUT2D eigenvalue weighted by Crippen LogP contribution is 2.38. The summed E-state index contributed by atoms with van der Waals surface area (Å²) in [5.41, 5.74) is 0.190. The van der Waals surface area contributed by atoms with E-state index in [-0.39, 0.29) is 11.3 Å². The normalized spacial score (nSPS) is 11.3.